The van der Waals surface area contributed by atoms with Crippen molar-refractivity contribution in [2.45, 2.75) is 37.8 Å². The molecule has 3 heterocycles. The van der Waals surface area contributed by atoms with Crippen molar-refractivity contribution >= 4 is 23.2 Å². The lowest BCUT2D eigenvalue weighted by molar-refractivity contribution is 0.126. The van der Waals surface area contributed by atoms with Gasteiger partial charge in [-0.2, -0.15) is 0 Å². The number of hydrogen-bond donors (Lipinski definition) is 2. The molecule has 8 heteroatoms. The maximum absolute atomic E-state index is 13.3. The first-order chi connectivity index (χ1) is 15.1. The molecule has 1 fully saturated rings. The fraction of sp³-hybridized carbons (Fsp3) is 0.261. The van der Waals surface area contributed by atoms with Crippen LogP contribution in [0.25, 0.3) is 28.2 Å². The normalized spacial score (nSPS) is 18.9. The molecule has 0 bridgehead atoms. The summed E-state index contributed by atoms with van der Waals surface area (Å²) < 4.78 is 15.2. The summed E-state index contributed by atoms with van der Waals surface area (Å²) in [5.41, 5.74) is 3.91. The van der Waals surface area contributed by atoms with Gasteiger partial charge in [0.1, 0.15) is 17.2 Å². The Bertz CT molecular complexity index is 1220. The number of hydrogen-bond acceptors (Lipinski definition) is 5. The number of pyridine rings is 1. The fourth-order valence-electron chi connectivity index (χ4n) is 3.99. The largest absolute Gasteiger partial charge is 0.393 e. The molecule has 0 saturated heterocycles. The van der Waals surface area contributed by atoms with Crippen LogP contribution in [0.15, 0.2) is 55.0 Å². The summed E-state index contributed by atoms with van der Waals surface area (Å²) in [6.45, 7) is 0. The molecule has 2 N–H and O–H groups in total. The van der Waals surface area contributed by atoms with E-state index in [1.165, 1.54) is 12.1 Å². The van der Waals surface area contributed by atoms with E-state index in [1.807, 2.05) is 22.7 Å². The zero-order chi connectivity index (χ0) is 21.4. The Labute approximate surface area is 183 Å². The predicted octanol–water partition coefficient (Wildman–Crippen LogP) is 4.97. The predicted molar refractivity (Wildman–Crippen MR) is 119 cm³/mol. The second kappa shape index (κ2) is 8.24. The van der Waals surface area contributed by atoms with Crippen LogP contribution in [0.3, 0.4) is 0 Å². The molecule has 1 aliphatic carbocycles. The van der Waals surface area contributed by atoms with Gasteiger partial charge in [-0.15, -0.1) is 0 Å². The van der Waals surface area contributed by atoms with Crippen LogP contribution in [-0.2, 0) is 0 Å². The van der Waals surface area contributed by atoms with E-state index in [9.17, 15) is 9.50 Å². The van der Waals surface area contributed by atoms with Crippen LogP contribution >= 0.6 is 11.6 Å². The minimum atomic E-state index is -0.270. The molecular formula is C23H21ClFN5O. The van der Waals surface area contributed by atoms with Gasteiger partial charge in [-0.25, -0.2) is 19.3 Å². The third-order valence-corrected chi connectivity index (χ3v) is 5.98. The minimum absolute atomic E-state index is 0.215. The highest BCUT2D eigenvalue weighted by molar-refractivity contribution is 6.32. The summed E-state index contributed by atoms with van der Waals surface area (Å²) in [7, 11) is 0. The first-order valence-electron chi connectivity index (χ1n) is 10.3. The topological polar surface area (TPSA) is 75.3 Å². The molecule has 4 aromatic rings. The maximum atomic E-state index is 13.3. The Morgan fingerprint density at radius 2 is 1.71 bits per heavy atom. The van der Waals surface area contributed by atoms with E-state index >= 15 is 0 Å². The molecule has 0 spiro atoms. The summed E-state index contributed by atoms with van der Waals surface area (Å²) in [5.74, 6) is 0.235. The van der Waals surface area contributed by atoms with Crippen LogP contribution in [0.1, 0.15) is 25.7 Å². The lowest BCUT2D eigenvalue weighted by Crippen LogP contribution is -2.29. The van der Waals surface area contributed by atoms with Gasteiger partial charge in [0.05, 0.1) is 29.2 Å². The molecule has 1 saturated carbocycles. The number of anilines is 1. The van der Waals surface area contributed by atoms with E-state index in [-0.39, 0.29) is 18.0 Å². The van der Waals surface area contributed by atoms with Gasteiger partial charge in [0.15, 0.2) is 0 Å². The van der Waals surface area contributed by atoms with Gasteiger partial charge in [-0.3, -0.25) is 4.40 Å². The molecule has 0 atom stereocenters. The SMILES string of the molecule is O[C@H]1CC[C@H](Nc2ncc(Cl)c(-c3cnc4ccc(-c5ccc(F)cc5)cn34)n2)CC1. The van der Waals surface area contributed by atoms with Crippen LogP contribution in [0.2, 0.25) is 5.02 Å². The Balaban J connectivity index is 1.49. The lowest BCUT2D eigenvalue weighted by Gasteiger charge is -2.26. The second-order valence-electron chi connectivity index (χ2n) is 7.84. The highest BCUT2D eigenvalue weighted by Gasteiger charge is 2.21. The van der Waals surface area contributed by atoms with Crippen LogP contribution in [0, 0.1) is 5.82 Å². The van der Waals surface area contributed by atoms with E-state index in [1.54, 1.807) is 24.5 Å². The van der Waals surface area contributed by atoms with Crippen LogP contribution in [0.5, 0.6) is 0 Å². The summed E-state index contributed by atoms with van der Waals surface area (Å²) in [5, 5.41) is 13.5. The monoisotopic (exact) mass is 437 g/mol. The number of imidazole rings is 1. The molecule has 5 rings (SSSR count). The number of halogens is 2. The van der Waals surface area contributed by atoms with Crippen molar-refractivity contribution in [1.29, 1.82) is 0 Å². The van der Waals surface area contributed by atoms with Crippen molar-refractivity contribution in [3.63, 3.8) is 0 Å². The summed E-state index contributed by atoms with van der Waals surface area (Å²) in [6.07, 6.45) is 8.35. The lowest BCUT2D eigenvalue weighted by atomic mass is 9.93. The van der Waals surface area contributed by atoms with Crippen LogP contribution in [0.4, 0.5) is 10.3 Å². The summed E-state index contributed by atoms with van der Waals surface area (Å²) in [4.78, 5) is 13.5. The Morgan fingerprint density at radius 1 is 0.968 bits per heavy atom. The van der Waals surface area contributed by atoms with Crippen LogP contribution in [-0.4, -0.2) is 36.6 Å². The van der Waals surface area contributed by atoms with Crippen molar-refractivity contribution in [2.24, 2.45) is 0 Å². The number of nitrogens with one attached hydrogen (secondary N) is 1. The maximum Gasteiger partial charge on any atom is 0.223 e. The van der Waals surface area contributed by atoms with Crippen molar-refractivity contribution < 1.29 is 9.50 Å². The molecule has 0 radical (unpaired) electrons. The van der Waals surface area contributed by atoms with Gasteiger partial charge in [-0.05, 0) is 61.1 Å². The molecule has 0 unspecified atom stereocenters. The van der Waals surface area contributed by atoms with Gasteiger partial charge in [0, 0.05) is 12.2 Å². The highest BCUT2D eigenvalue weighted by atomic mass is 35.5. The molecule has 6 nitrogen and oxygen atoms in total. The number of benzene rings is 1. The number of fused-ring (bicyclic) bond motifs is 1. The van der Waals surface area contributed by atoms with Crippen molar-refractivity contribution in [3.05, 3.63) is 65.8 Å². The van der Waals surface area contributed by atoms with Gasteiger partial charge in [-0.1, -0.05) is 23.7 Å². The van der Waals surface area contributed by atoms with E-state index in [0.717, 1.165) is 48.2 Å². The van der Waals surface area contributed by atoms with Gasteiger partial charge < -0.3 is 10.4 Å². The molecule has 31 heavy (non-hydrogen) atoms. The summed E-state index contributed by atoms with van der Waals surface area (Å²) in [6, 6.07) is 10.5. The minimum Gasteiger partial charge on any atom is -0.393 e. The quantitative estimate of drug-likeness (QED) is 0.471. The van der Waals surface area contributed by atoms with Gasteiger partial charge >= 0.3 is 0 Å². The third-order valence-electron chi connectivity index (χ3n) is 5.70. The molecule has 0 amide bonds. The molecule has 3 aromatic heterocycles. The number of aliphatic hydroxyl groups is 1. The van der Waals surface area contributed by atoms with E-state index in [4.69, 9.17) is 11.6 Å². The van der Waals surface area contributed by atoms with Crippen molar-refractivity contribution in [2.75, 3.05) is 5.32 Å². The molecule has 1 aromatic carbocycles. The zero-order valence-corrected chi connectivity index (χ0v) is 17.4. The third kappa shape index (κ3) is 4.11. The standard InChI is InChI=1S/C23H21ClFN5O/c24-19-11-27-23(28-17-6-8-18(31)9-7-17)29-22(19)20-12-26-21-10-3-15(13-30(20)21)14-1-4-16(25)5-2-14/h1-5,10-13,17-18,31H,6-9H2,(H,27,28,29)/t17-,18-. The Kier molecular flexibility index (Phi) is 5.29. The Hall–Kier alpha value is -3.03. The average Bonchev–Trinajstić information content (AvgIpc) is 3.20. The van der Waals surface area contributed by atoms with E-state index in [2.05, 4.69) is 20.3 Å². The second-order valence-corrected chi connectivity index (χ2v) is 8.24. The van der Waals surface area contributed by atoms with E-state index in [0.29, 0.717) is 16.7 Å². The first-order valence-corrected chi connectivity index (χ1v) is 10.7. The summed E-state index contributed by atoms with van der Waals surface area (Å²) >= 11 is 6.46. The average molecular weight is 438 g/mol. The van der Waals surface area contributed by atoms with Crippen molar-refractivity contribution in [1.82, 2.24) is 19.4 Å². The number of nitrogens with zero attached hydrogens (tertiary/aromatic N) is 4. The molecular weight excluding hydrogens is 417 g/mol. The zero-order valence-electron chi connectivity index (χ0n) is 16.7. The van der Waals surface area contributed by atoms with Gasteiger partial charge in [0.2, 0.25) is 5.95 Å². The van der Waals surface area contributed by atoms with E-state index < -0.39 is 0 Å². The number of aromatic nitrogens is 4. The first kappa shape index (κ1) is 19.9. The van der Waals surface area contributed by atoms with Gasteiger partial charge in [0.25, 0.3) is 0 Å². The number of rotatable bonds is 4. The Morgan fingerprint density at radius 3 is 2.48 bits per heavy atom. The van der Waals surface area contributed by atoms with Crippen molar-refractivity contribution in [3.8, 4) is 22.5 Å². The smallest absolute Gasteiger partial charge is 0.223 e. The molecule has 0 aliphatic heterocycles. The highest BCUT2D eigenvalue weighted by Crippen LogP contribution is 2.30. The molecule has 1 aliphatic rings. The fourth-order valence-corrected chi connectivity index (χ4v) is 4.18. The molecule has 158 valence electrons. The number of aliphatic hydroxyl groups excluding tert-OH is 1. The van der Waals surface area contributed by atoms with Crippen LogP contribution < -0.4 is 5.32 Å².